The highest BCUT2D eigenvalue weighted by atomic mass is 32.2. The molecule has 0 atom stereocenters. The lowest BCUT2D eigenvalue weighted by molar-refractivity contribution is -0.123. The number of carbonyl (C=O) groups is 3. The van der Waals surface area contributed by atoms with Gasteiger partial charge in [0.1, 0.15) is 5.82 Å². The Hall–Kier alpha value is -3.01. The topological polar surface area (TPSA) is 70.2 Å². The summed E-state index contributed by atoms with van der Waals surface area (Å²) in [5.74, 6) is -0.901. The first kappa shape index (κ1) is 24.1. The monoisotopic (exact) mass is 483 g/mol. The third-order valence-corrected chi connectivity index (χ3v) is 6.71. The van der Waals surface area contributed by atoms with Crippen LogP contribution in [0.2, 0.25) is 0 Å². The van der Waals surface area contributed by atoms with E-state index in [0.717, 1.165) is 36.3 Å². The van der Waals surface area contributed by atoms with Crippen LogP contribution in [0.5, 0.6) is 0 Å². The van der Waals surface area contributed by atoms with E-state index in [1.54, 1.807) is 49.6 Å². The Bertz CT molecular complexity index is 1110. The summed E-state index contributed by atoms with van der Waals surface area (Å²) >= 11 is 0.843. The van der Waals surface area contributed by atoms with E-state index >= 15 is 0 Å². The number of hydrogen-bond donors (Lipinski definition) is 0. The summed E-state index contributed by atoms with van der Waals surface area (Å²) in [6.07, 6.45) is 1.62. The molecule has 0 spiro atoms. The second kappa shape index (κ2) is 10.9. The zero-order valence-corrected chi connectivity index (χ0v) is 19.7. The van der Waals surface area contributed by atoms with Gasteiger partial charge in [0.05, 0.1) is 18.1 Å². The van der Waals surface area contributed by atoms with Gasteiger partial charge in [-0.1, -0.05) is 24.3 Å². The highest BCUT2D eigenvalue weighted by Gasteiger charge is 2.35. The number of carbonyl (C=O) groups excluding carboxylic acids is 3. The largest absolute Gasteiger partial charge is 0.383 e. The van der Waals surface area contributed by atoms with Gasteiger partial charge in [-0.2, -0.15) is 0 Å². The summed E-state index contributed by atoms with van der Waals surface area (Å²) in [6, 6.07) is 12.9. The number of benzene rings is 2. The van der Waals surface area contributed by atoms with E-state index in [1.807, 2.05) is 4.90 Å². The van der Waals surface area contributed by atoms with Crippen molar-refractivity contribution in [1.29, 1.82) is 0 Å². The predicted octanol–water partition coefficient (Wildman–Crippen LogP) is 3.47. The number of nitrogens with zero attached hydrogens (tertiary/aromatic N) is 3. The third kappa shape index (κ3) is 5.72. The third-order valence-electron chi connectivity index (χ3n) is 5.81. The molecule has 0 bridgehead atoms. The minimum absolute atomic E-state index is 0.00858. The van der Waals surface area contributed by atoms with E-state index < -0.39 is 17.0 Å². The second-order valence-corrected chi connectivity index (χ2v) is 9.14. The molecule has 2 heterocycles. The molecule has 34 heavy (non-hydrogen) atoms. The Kier molecular flexibility index (Phi) is 7.77. The summed E-state index contributed by atoms with van der Waals surface area (Å²) in [4.78, 5) is 43.7. The number of methoxy groups -OCH3 is 1. The van der Waals surface area contributed by atoms with Gasteiger partial charge in [0.2, 0.25) is 0 Å². The van der Waals surface area contributed by atoms with Gasteiger partial charge >= 0.3 is 0 Å². The molecule has 2 aromatic carbocycles. The zero-order valence-electron chi connectivity index (χ0n) is 18.9. The van der Waals surface area contributed by atoms with Crippen LogP contribution in [0.4, 0.5) is 9.18 Å². The summed E-state index contributed by atoms with van der Waals surface area (Å²) in [5, 5.41) is -0.404. The highest BCUT2D eigenvalue weighted by molar-refractivity contribution is 8.18. The van der Waals surface area contributed by atoms with E-state index in [9.17, 15) is 18.8 Å². The molecule has 0 saturated carbocycles. The number of piperazine rings is 1. The molecule has 2 saturated heterocycles. The van der Waals surface area contributed by atoms with Crippen molar-refractivity contribution in [1.82, 2.24) is 14.7 Å². The van der Waals surface area contributed by atoms with Gasteiger partial charge in [0, 0.05) is 45.4 Å². The normalized spacial score (nSPS) is 18.2. The fourth-order valence-electron chi connectivity index (χ4n) is 3.94. The zero-order chi connectivity index (χ0) is 24.1. The number of thioether (sulfide) groups is 1. The first-order chi connectivity index (χ1) is 16.4. The summed E-state index contributed by atoms with van der Waals surface area (Å²) in [5.41, 5.74) is 1.75. The van der Waals surface area contributed by atoms with Crippen molar-refractivity contribution in [2.75, 3.05) is 46.4 Å². The van der Waals surface area contributed by atoms with Crippen molar-refractivity contribution in [2.24, 2.45) is 0 Å². The van der Waals surface area contributed by atoms with Crippen molar-refractivity contribution in [2.45, 2.75) is 6.54 Å². The summed E-state index contributed by atoms with van der Waals surface area (Å²) in [7, 11) is 1.68. The van der Waals surface area contributed by atoms with Crippen LogP contribution in [-0.2, 0) is 16.1 Å². The van der Waals surface area contributed by atoms with Crippen LogP contribution >= 0.6 is 11.8 Å². The van der Waals surface area contributed by atoms with Gasteiger partial charge in [-0.3, -0.25) is 24.2 Å². The lowest BCUT2D eigenvalue weighted by Gasteiger charge is -2.34. The Morgan fingerprint density at radius 2 is 1.85 bits per heavy atom. The van der Waals surface area contributed by atoms with E-state index in [4.69, 9.17) is 4.74 Å². The minimum Gasteiger partial charge on any atom is -0.383 e. The van der Waals surface area contributed by atoms with E-state index in [1.165, 1.54) is 12.1 Å². The molecule has 178 valence electrons. The summed E-state index contributed by atoms with van der Waals surface area (Å²) < 4.78 is 18.6. The maximum Gasteiger partial charge on any atom is 0.293 e. The second-order valence-electron chi connectivity index (χ2n) is 8.15. The maximum atomic E-state index is 13.5. The number of ether oxygens (including phenoxy) is 1. The number of imide groups is 1. The van der Waals surface area contributed by atoms with Crippen molar-refractivity contribution < 1.29 is 23.5 Å². The number of halogens is 1. The molecule has 2 aliphatic rings. The first-order valence-corrected chi connectivity index (χ1v) is 11.9. The van der Waals surface area contributed by atoms with Crippen LogP contribution in [0.25, 0.3) is 6.08 Å². The number of rotatable bonds is 7. The lowest BCUT2D eigenvalue weighted by Crippen LogP contribution is -2.49. The molecule has 0 radical (unpaired) electrons. The lowest BCUT2D eigenvalue weighted by atomic mass is 10.1. The quantitative estimate of drug-likeness (QED) is 0.562. The standard InChI is InChI=1S/C25H26FN3O4S/c1-33-13-12-27-8-10-28(11-9-27)23(30)20-6-2-4-18(14-20)16-22-24(31)29(25(32)34-22)17-19-5-3-7-21(26)15-19/h2-7,14-16H,8-13,17H2,1H3/b22-16-. The van der Waals surface area contributed by atoms with E-state index in [0.29, 0.717) is 36.4 Å². The molecule has 0 aromatic heterocycles. The Labute approximate surface area is 202 Å². The molecule has 2 aromatic rings. The van der Waals surface area contributed by atoms with Crippen molar-refractivity contribution in [3.63, 3.8) is 0 Å². The van der Waals surface area contributed by atoms with Crippen LogP contribution in [-0.4, -0.2) is 78.2 Å². The molecular weight excluding hydrogens is 457 g/mol. The summed E-state index contributed by atoms with van der Waals surface area (Å²) in [6.45, 7) is 4.42. The molecule has 4 rings (SSSR count). The van der Waals surface area contributed by atoms with Crippen molar-refractivity contribution >= 4 is 34.9 Å². The molecule has 2 aliphatic heterocycles. The fraction of sp³-hybridized carbons (Fsp3) is 0.320. The average Bonchev–Trinajstić information content (AvgIpc) is 3.10. The number of hydrogen-bond acceptors (Lipinski definition) is 6. The Morgan fingerprint density at radius 3 is 2.59 bits per heavy atom. The van der Waals surface area contributed by atoms with Gasteiger partial charge in [-0.05, 0) is 53.2 Å². The maximum absolute atomic E-state index is 13.5. The van der Waals surface area contributed by atoms with Crippen LogP contribution in [0.15, 0.2) is 53.4 Å². The first-order valence-electron chi connectivity index (χ1n) is 11.0. The SMILES string of the molecule is COCCN1CCN(C(=O)c2cccc(/C=C3\SC(=O)N(Cc4cccc(F)c4)C3=O)c2)CC1. The molecule has 0 unspecified atom stereocenters. The average molecular weight is 484 g/mol. The van der Waals surface area contributed by atoms with Crippen LogP contribution in [0.3, 0.4) is 0 Å². The van der Waals surface area contributed by atoms with E-state index in [-0.39, 0.29) is 17.4 Å². The van der Waals surface area contributed by atoms with Gasteiger partial charge in [-0.25, -0.2) is 4.39 Å². The van der Waals surface area contributed by atoms with Crippen LogP contribution < -0.4 is 0 Å². The minimum atomic E-state index is -0.428. The van der Waals surface area contributed by atoms with Gasteiger partial charge < -0.3 is 9.64 Å². The van der Waals surface area contributed by atoms with Crippen LogP contribution in [0, 0.1) is 5.82 Å². The fourth-order valence-corrected chi connectivity index (χ4v) is 4.78. The highest BCUT2D eigenvalue weighted by Crippen LogP contribution is 2.33. The number of amides is 3. The van der Waals surface area contributed by atoms with E-state index in [2.05, 4.69) is 4.90 Å². The van der Waals surface area contributed by atoms with Gasteiger partial charge in [0.15, 0.2) is 0 Å². The van der Waals surface area contributed by atoms with Gasteiger partial charge in [-0.15, -0.1) is 0 Å². The Balaban J connectivity index is 1.42. The van der Waals surface area contributed by atoms with Crippen LogP contribution in [0.1, 0.15) is 21.5 Å². The smallest absolute Gasteiger partial charge is 0.293 e. The molecule has 7 nitrogen and oxygen atoms in total. The van der Waals surface area contributed by atoms with Crippen molar-refractivity contribution in [3.05, 3.63) is 75.9 Å². The molecule has 2 fully saturated rings. The van der Waals surface area contributed by atoms with Crippen molar-refractivity contribution in [3.8, 4) is 0 Å². The Morgan fingerprint density at radius 1 is 1.09 bits per heavy atom. The molecule has 0 N–H and O–H groups in total. The molecule has 9 heteroatoms. The predicted molar refractivity (Wildman–Crippen MR) is 129 cm³/mol. The molecule has 0 aliphatic carbocycles. The molecular formula is C25H26FN3O4S. The van der Waals surface area contributed by atoms with Gasteiger partial charge in [0.25, 0.3) is 17.1 Å². The molecule has 3 amide bonds.